The highest BCUT2D eigenvalue weighted by Gasteiger charge is 2.23. The molecule has 0 bridgehead atoms. The van der Waals surface area contributed by atoms with E-state index in [2.05, 4.69) is 21.9 Å². The fraction of sp³-hybridized carbons (Fsp3) is 0.310. The van der Waals surface area contributed by atoms with E-state index in [4.69, 9.17) is 22.9 Å². The number of nitrogens with one attached hydrogen (secondary N) is 1. The summed E-state index contributed by atoms with van der Waals surface area (Å²) in [7, 11) is 0. The van der Waals surface area contributed by atoms with Crippen LogP contribution in [0.25, 0.3) is 26.9 Å². The minimum absolute atomic E-state index is 0.0949. The van der Waals surface area contributed by atoms with E-state index >= 15 is 0 Å². The normalized spacial score (nSPS) is 11.6. The van der Waals surface area contributed by atoms with Gasteiger partial charge in [-0.15, -0.1) is 0 Å². The molecule has 0 saturated heterocycles. The van der Waals surface area contributed by atoms with Crippen molar-refractivity contribution >= 4 is 51.6 Å². The molecule has 0 radical (unpaired) electrons. The SMILES string of the molecule is C=C(c1cc(Cl)c(F)c(CNC(=O)CN(C(=O)Cn2cc(C(C)=O)c3cc(C(=O)N=[N+]=[N-])ccc32)C(C)C)c1)C(C)N. The van der Waals surface area contributed by atoms with Gasteiger partial charge in [-0.2, -0.15) is 0 Å². The Hall–Kier alpha value is -4.51. The second-order valence-corrected chi connectivity index (χ2v) is 10.5. The molecule has 3 aromatic rings. The van der Waals surface area contributed by atoms with Crippen LogP contribution in [-0.2, 0) is 22.7 Å². The zero-order valence-electron chi connectivity index (χ0n) is 23.6. The molecule has 0 saturated carbocycles. The van der Waals surface area contributed by atoms with Crippen molar-refractivity contribution < 1.29 is 23.6 Å². The molecule has 0 aliphatic rings. The summed E-state index contributed by atoms with van der Waals surface area (Å²) in [5, 5.41) is 6.00. The van der Waals surface area contributed by atoms with Gasteiger partial charge < -0.3 is 20.5 Å². The number of carbonyl (C=O) groups excluding carboxylic acids is 4. The van der Waals surface area contributed by atoms with Crippen molar-refractivity contribution in [1.29, 1.82) is 0 Å². The number of Topliss-reactive ketones (excluding diaryl/α,β-unsaturated/α-hetero) is 1. The van der Waals surface area contributed by atoms with E-state index in [1.54, 1.807) is 31.4 Å². The molecule has 1 atom stereocenters. The average molecular weight is 596 g/mol. The first-order chi connectivity index (χ1) is 19.7. The van der Waals surface area contributed by atoms with E-state index in [9.17, 15) is 23.6 Å². The summed E-state index contributed by atoms with van der Waals surface area (Å²) < 4.78 is 16.2. The Balaban J connectivity index is 1.79. The number of halogens is 2. The smallest absolute Gasteiger partial charge is 0.249 e. The van der Waals surface area contributed by atoms with Crippen LogP contribution < -0.4 is 11.1 Å². The van der Waals surface area contributed by atoms with Crippen molar-refractivity contribution in [2.75, 3.05) is 6.54 Å². The number of aromatic nitrogens is 1. The molecule has 1 unspecified atom stereocenters. The molecule has 0 aliphatic carbocycles. The number of benzene rings is 2. The molecule has 2 aromatic carbocycles. The number of carbonyl (C=O) groups is 4. The Morgan fingerprint density at radius 2 is 1.88 bits per heavy atom. The van der Waals surface area contributed by atoms with Crippen molar-refractivity contribution in [3.05, 3.63) is 86.6 Å². The molecule has 13 heteroatoms. The van der Waals surface area contributed by atoms with E-state index in [1.165, 1.54) is 42.3 Å². The van der Waals surface area contributed by atoms with Crippen LogP contribution in [0.1, 0.15) is 59.5 Å². The number of rotatable bonds is 11. The minimum Gasteiger partial charge on any atom is -0.350 e. The highest BCUT2D eigenvalue weighted by molar-refractivity contribution is 6.31. The molecule has 0 spiro atoms. The van der Waals surface area contributed by atoms with Gasteiger partial charge in [0.05, 0.1) is 11.6 Å². The summed E-state index contributed by atoms with van der Waals surface area (Å²) in [5.41, 5.74) is 16.6. The second-order valence-electron chi connectivity index (χ2n) is 10.1. The van der Waals surface area contributed by atoms with Gasteiger partial charge in [0.15, 0.2) is 5.78 Å². The van der Waals surface area contributed by atoms with Crippen molar-refractivity contribution in [2.24, 2.45) is 10.8 Å². The third-order valence-electron chi connectivity index (χ3n) is 6.71. The maximum Gasteiger partial charge on any atom is 0.249 e. The maximum absolute atomic E-state index is 14.7. The summed E-state index contributed by atoms with van der Waals surface area (Å²) in [6, 6.07) is 6.61. The van der Waals surface area contributed by atoms with E-state index < -0.39 is 23.5 Å². The number of azide groups is 1. The predicted octanol–water partition coefficient (Wildman–Crippen LogP) is 5.00. The lowest BCUT2D eigenvalue weighted by Crippen LogP contribution is -2.45. The van der Waals surface area contributed by atoms with Crippen LogP contribution >= 0.6 is 11.6 Å². The van der Waals surface area contributed by atoms with Gasteiger partial charge in [-0.3, -0.25) is 19.2 Å². The van der Waals surface area contributed by atoms with Crippen LogP contribution in [0.5, 0.6) is 0 Å². The van der Waals surface area contributed by atoms with Crippen LogP contribution in [0.4, 0.5) is 4.39 Å². The van der Waals surface area contributed by atoms with Gasteiger partial charge in [-0.1, -0.05) is 18.2 Å². The van der Waals surface area contributed by atoms with E-state index in [0.29, 0.717) is 22.0 Å². The molecular formula is C29H31ClFN7O4. The number of nitrogens with two attached hydrogens (primary N) is 1. The summed E-state index contributed by atoms with van der Waals surface area (Å²) >= 11 is 6.05. The quantitative estimate of drug-likeness (QED) is 0.138. The zero-order valence-corrected chi connectivity index (χ0v) is 24.4. The van der Waals surface area contributed by atoms with Crippen LogP contribution in [0.15, 0.2) is 48.2 Å². The van der Waals surface area contributed by atoms with Gasteiger partial charge in [0.25, 0.3) is 0 Å². The molecule has 220 valence electrons. The highest BCUT2D eigenvalue weighted by atomic mass is 35.5. The zero-order chi connectivity index (χ0) is 31.3. The number of nitrogens with zero attached hydrogens (tertiary/aromatic N) is 5. The third-order valence-corrected chi connectivity index (χ3v) is 6.98. The van der Waals surface area contributed by atoms with Crippen molar-refractivity contribution in [3.63, 3.8) is 0 Å². The Morgan fingerprint density at radius 1 is 1.19 bits per heavy atom. The number of amides is 3. The summed E-state index contributed by atoms with van der Waals surface area (Å²) in [6.45, 7) is 9.80. The van der Waals surface area contributed by atoms with E-state index in [1.807, 2.05) is 0 Å². The van der Waals surface area contributed by atoms with E-state index in [0.717, 1.165) is 0 Å². The molecule has 1 aromatic heterocycles. The largest absolute Gasteiger partial charge is 0.350 e. The lowest BCUT2D eigenvalue weighted by atomic mass is 9.99. The fourth-order valence-corrected chi connectivity index (χ4v) is 4.60. The van der Waals surface area contributed by atoms with Gasteiger partial charge >= 0.3 is 0 Å². The maximum atomic E-state index is 14.7. The molecule has 3 rings (SSSR count). The highest BCUT2D eigenvalue weighted by Crippen LogP contribution is 2.26. The van der Waals surface area contributed by atoms with Crippen molar-refractivity contribution in [1.82, 2.24) is 14.8 Å². The third kappa shape index (κ3) is 7.22. The first-order valence-electron chi connectivity index (χ1n) is 13.0. The molecule has 0 fully saturated rings. The Kier molecular flexibility index (Phi) is 10.2. The molecular weight excluding hydrogens is 565 g/mol. The first-order valence-corrected chi connectivity index (χ1v) is 13.3. The Labute approximate surface area is 246 Å². The van der Waals surface area contributed by atoms with Gasteiger partial charge in [0.2, 0.25) is 17.7 Å². The van der Waals surface area contributed by atoms with Crippen LogP contribution in [0, 0.1) is 5.82 Å². The molecule has 1 heterocycles. The summed E-state index contributed by atoms with van der Waals surface area (Å²) in [5.74, 6) is -2.71. The molecule has 0 aliphatic heterocycles. The topological polar surface area (TPSA) is 163 Å². The van der Waals surface area contributed by atoms with Crippen molar-refractivity contribution in [2.45, 2.75) is 52.9 Å². The molecule has 42 heavy (non-hydrogen) atoms. The number of hydrogen-bond acceptors (Lipinski definition) is 5. The van der Waals surface area contributed by atoms with Gasteiger partial charge in [-0.25, -0.2) is 4.39 Å². The predicted molar refractivity (Wildman–Crippen MR) is 158 cm³/mol. The second kappa shape index (κ2) is 13.4. The summed E-state index contributed by atoms with van der Waals surface area (Å²) in [6.07, 6.45) is 1.50. The Morgan fingerprint density at radius 3 is 2.48 bits per heavy atom. The average Bonchev–Trinajstić information content (AvgIpc) is 3.29. The first kappa shape index (κ1) is 32.0. The lowest BCUT2D eigenvalue weighted by molar-refractivity contribution is -0.138. The van der Waals surface area contributed by atoms with Crippen molar-refractivity contribution in [3.8, 4) is 0 Å². The van der Waals surface area contributed by atoms with Gasteiger partial charge in [0.1, 0.15) is 12.4 Å². The van der Waals surface area contributed by atoms with Crippen LogP contribution in [0.3, 0.4) is 0 Å². The molecule has 3 amide bonds. The van der Waals surface area contributed by atoms with Crippen LogP contribution in [-0.4, -0.2) is 51.6 Å². The fourth-order valence-electron chi connectivity index (χ4n) is 4.36. The van der Waals surface area contributed by atoms with Crippen LogP contribution in [0.2, 0.25) is 5.02 Å². The molecule has 3 N–H and O–H groups in total. The van der Waals surface area contributed by atoms with E-state index in [-0.39, 0.29) is 59.2 Å². The standard InChI is InChI=1S/C29H31ClFN7O4/c1-15(2)38(13-26(40)34-11-21-8-20(16(3)17(4)32)10-24(30)28(21)31)27(41)14-37-12-23(18(5)39)22-9-19(6-7-25(22)37)29(42)35-36-33/h6-10,12,15,17H,3,11,13-14,32H2,1-2,4-5H3,(H,34,40). The van der Waals surface area contributed by atoms with Gasteiger partial charge in [0, 0.05) is 57.3 Å². The molecule has 11 nitrogen and oxygen atoms in total. The summed E-state index contributed by atoms with van der Waals surface area (Å²) in [4.78, 5) is 54.4. The lowest BCUT2D eigenvalue weighted by Gasteiger charge is -2.26. The number of ketones is 1. The monoisotopic (exact) mass is 595 g/mol. The number of hydrogen-bond donors (Lipinski definition) is 2. The Bertz CT molecular complexity index is 1640. The minimum atomic E-state index is -0.803. The number of fused-ring (bicyclic) bond motifs is 1. The van der Waals surface area contributed by atoms with Gasteiger partial charge in [-0.05, 0) is 79.8 Å².